The van der Waals surface area contributed by atoms with Crippen LogP contribution >= 0.6 is 11.6 Å². The lowest BCUT2D eigenvalue weighted by Crippen LogP contribution is -2.05. The van der Waals surface area contributed by atoms with Gasteiger partial charge in [-0.25, -0.2) is 0 Å². The number of nitrogens with one attached hydrogen (secondary N) is 1. The number of halogens is 1. The van der Waals surface area contributed by atoms with Crippen LogP contribution in [-0.2, 0) is 6.61 Å². The third-order valence-corrected chi connectivity index (χ3v) is 2.63. The number of nitrogens with two attached hydrogens (primary N) is 1. The van der Waals surface area contributed by atoms with Crippen LogP contribution in [0.3, 0.4) is 0 Å². The van der Waals surface area contributed by atoms with Crippen molar-refractivity contribution in [2.45, 2.75) is 13.5 Å². The molecule has 1 heterocycles. The summed E-state index contributed by atoms with van der Waals surface area (Å²) >= 11 is 5.82. The van der Waals surface area contributed by atoms with Crippen LogP contribution in [0.4, 0.5) is 11.8 Å². The molecule has 0 aliphatic rings. The second-order valence-corrected chi connectivity index (χ2v) is 4.33. The lowest BCUT2D eigenvalue weighted by molar-refractivity contribution is 0.294. The smallest absolute Gasteiger partial charge is 0.225 e. The van der Waals surface area contributed by atoms with Gasteiger partial charge in [0.2, 0.25) is 11.8 Å². The van der Waals surface area contributed by atoms with Crippen molar-refractivity contribution in [2.75, 3.05) is 17.6 Å². The second-order valence-electron chi connectivity index (χ2n) is 3.90. The zero-order chi connectivity index (χ0) is 13.7. The van der Waals surface area contributed by atoms with Gasteiger partial charge >= 0.3 is 0 Å². The summed E-state index contributed by atoms with van der Waals surface area (Å²) in [7, 11) is 0. The molecule has 0 aliphatic heterocycles. The van der Waals surface area contributed by atoms with Crippen molar-refractivity contribution in [3.05, 3.63) is 40.9 Å². The molecule has 0 aliphatic carbocycles. The fraction of sp³-hybridized carbons (Fsp3) is 0.231. The Bertz CT molecular complexity index is 545. The highest BCUT2D eigenvalue weighted by Crippen LogP contribution is 2.16. The molecule has 100 valence electrons. The Morgan fingerprint density at radius 1 is 1.26 bits per heavy atom. The lowest BCUT2D eigenvalue weighted by Gasteiger charge is -2.08. The molecule has 1 aromatic carbocycles. The predicted molar refractivity (Wildman–Crippen MR) is 76.4 cm³/mol. The van der Waals surface area contributed by atoms with Gasteiger partial charge in [0.1, 0.15) is 12.4 Å². The van der Waals surface area contributed by atoms with E-state index in [-0.39, 0.29) is 5.95 Å². The number of ether oxygens (including phenoxy) is 1. The number of aromatic nitrogens is 2. The predicted octanol–water partition coefficient (Wildman–Crippen LogP) is 2.72. The third kappa shape index (κ3) is 3.99. The number of anilines is 2. The van der Waals surface area contributed by atoms with Gasteiger partial charge < -0.3 is 15.8 Å². The first kappa shape index (κ1) is 13.4. The van der Waals surface area contributed by atoms with Crippen molar-refractivity contribution in [1.29, 1.82) is 0 Å². The number of hydrogen-bond acceptors (Lipinski definition) is 5. The van der Waals surface area contributed by atoms with Crippen LogP contribution in [0.5, 0.6) is 5.88 Å². The Labute approximate surface area is 116 Å². The molecule has 0 atom stereocenters. The van der Waals surface area contributed by atoms with Gasteiger partial charge in [0.25, 0.3) is 0 Å². The molecule has 3 N–H and O–H groups in total. The average molecular weight is 279 g/mol. The van der Waals surface area contributed by atoms with E-state index in [9.17, 15) is 0 Å². The first-order valence-corrected chi connectivity index (χ1v) is 6.31. The van der Waals surface area contributed by atoms with Crippen LogP contribution in [0.15, 0.2) is 30.3 Å². The molecule has 0 spiro atoms. The van der Waals surface area contributed by atoms with Gasteiger partial charge in [-0.15, -0.1) is 0 Å². The summed E-state index contributed by atoms with van der Waals surface area (Å²) in [6.45, 7) is 3.14. The number of hydrogen-bond donors (Lipinski definition) is 2. The summed E-state index contributed by atoms with van der Waals surface area (Å²) in [5.41, 5.74) is 6.62. The first-order chi connectivity index (χ1) is 9.17. The highest BCUT2D eigenvalue weighted by atomic mass is 35.5. The van der Waals surface area contributed by atoms with Gasteiger partial charge in [-0.3, -0.25) is 0 Å². The molecule has 2 aromatic rings. The van der Waals surface area contributed by atoms with E-state index in [1.54, 1.807) is 6.07 Å². The second kappa shape index (κ2) is 6.24. The Morgan fingerprint density at radius 2 is 2.00 bits per heavy atom. The molecule has 0 saturated carbocycles. The van der Waals surface area contributed by atoms with Gasteiger partial charge in [0.05, 0.1) is 0 Å². The molecule has 0 amide bonds. The largest absolute Gasteiger partial charge is 0.473 e. The van der Waals surface area contributed by atoms with Crippen molar-refractivity contribution in [3.8, 4) is 5.88 Å². The van der Waals surface area contributed by atoms with Gasteiger partial charge in [-0.05, 0) is 24.6 Å². The Kier molecular flexibility index (Phi) is 4.41. The summed E-state index contributed by atoms with van der Waals surface area (Å²) in [6.07, 6.45) is 0. The Balaban J connectivity index is 2.04. The van der Waals surface area contributed by atoms with Gasteiger partial charge in [-0.1, -0.05) is 23.7 Å². The summed E-state index contributed by atoms with van der Waals surface area (Å²) in [5, 5.41) is 3.76. The molecule has 0 fully saturated rings. The van der Waals surface area contributed by atoms with E-state index in [0.29, 0.717) is 23.3 Å². The van der Waals surface area contributed by atoms with E-state index in [1.165, 1.54) is 0 Å². The summed E-state index contributed by atoms with van der Waals surface area (Å²) < 4.78 is 5.59. The molecule has 0 unspecified atom stereocenters. The van der Waals surface area contributed by atoms with Crippen molar-refractivity contribution in [3.63, 3.8) is 0 Å². The maximum Gasteiger partial charge on any atom is 0.225 e. The standard InChI is InChI=1S/C13H15ClN4O/c1-2-16-11-7-12(18-13(15)17-11)19-8-9-3-5-10(14)6-4-9/h3-7H,2,8H2,1H3,(H3,15,16,17,18). The number of rotatable bonds is 5. The van der Waals surface area contributed by atoms with Crippen molar-refractivity contribution < 1.29 is 4.74 Å². The Hall–Kier alpha value is -2.01. The maximum atomic E-state index is 5.82. The monoisotopic (exact) mass is 278 g/mol. The van der Waals surface area contributed by atoms with E-state index in [2.05, 4.69) is 15.3 Å². The molecule has 0 radical (unpaired) electrons. The number of nitrogens with zero attached hydrogens (tertiary/aromatic N) is 2. The quantitative estimate of drug-likeness (QED) is 0.880. The minimum atomic E-state index is 0.185. The molecule has 0 saturated heterocycles. The van der Waals surface area contributed by atoms with Crippen molar-refractivity contribution in [1.82, 2.24) is 9.97 Å². The topological polar surface area (TPSA) is 73.1 Å². The van der Waals surface area contributed by atoms with Gasteiger partial charge in [0.15, 0.2) is 0 Å². The van der Waals surface area contributed by atoms with Crippen LogP contribution in [0.1, 0.15) is 12.5 Å². The summed E-state index contributed by atoms with van der Waals surface area (Å²) in [4.78, 5) is 8.08. The number of benzene rings is 1. The minimum Gasteiger partial charge on any atom is -0.473 e. The Morgan fingerprint density at radius 3 is 2.68 bits per heavy atom. The zero-order valence-corrected chi connectivity index (χ0v) is 11.3. The normalized spacial score (nSPS) is 10.2. The van der Waals surface area contributed by atoms with Gasteiger partial charge in [0, 0.05) is 17.6 Å². The van der Waals surface area contributed by atoms with E-state index in [4.69, 9.17) is 22.1 Å². The molecule has 0 bridgehead atoms. The fourth-order valence-corrected chi connectivity index (χ4v) is 1.65. The maximum absolute atomic E-state index is 5.82. The van der Waals surface area contributed by atoms with Crippen LogP contribution in [0.2, 0.25) is 5.02 Å². The van der Waals surface area contributed by atoms with Crippen LogP contribution in [0.25, 0.3) is 0 Å². The van der Waals surface area contributed by atoms with Gasteiger partial charge in [-0.2, -0.15) is 9.97 Å². The molecule has 6 heteroatoms. The molecular formula is C13H15ClN4O. The van der Waals surface area contributed by atoms with Crippen LogP contribution in [0, 0.1) is 0 Å². The zero-order valence-electron chi connectivity index (χ0n) is 10.6. The molecule has 2 rings (SSSR count). The molecule has 1 aromatic heterocycles. The minimum absolute atomic E-state index is 0.185. The van der Waals surface area contributed by atoms with E-state index in [1.807, 2.05) is 31.2 Å². The highest BCUT2D eigenvalue weighted by molar-refractivity contribution is 6.30. The summed E-state index contributed by atoms with van der Waals surface area (Å²) in [6, 6.07) is 9.16. The van der Waals surface area contributed by atoms with E-state index in [0.717, 1.165) is 12.1 Å². The third-order valence-electron chi connectivity index (χ3n) is 2.38. The number of nitrogen functional groups attached to an aromatic ring is 1. The average Bonchev–Trinajstić information content (AvgIpc) is 2.38. The molecule has 19 heavy (non-hydrogen) atoms. The molecular weight excluding hydrogens is 264 g/mol. The SMILES string of the molecule is CCNc1cc(OCc2ccc(Cl)cc2)nc(N)n1. The summed E-state index contributed by atoms with van der Waals surface area (Å²) in [5.74, 6) is 1.28. The molecule has 5 nitrogen and oxygen atoms in total. The van der Waals surface area contributed by atoms with E-state index >= 15 is 0 Å². The van der Waals surface area contributed by atoms with Crippen molar-refractivity contribution >= 4 is 23.4 Å². The van der Waals surface area contributed by atoms with E-state index < -0.39 is 0 Å². The highest BCUT2D eigenvalue weighted by Gasteiger charge is 2.03. The fourth-order valence-electron chi connectivity index (χ4n) is 1.53. The van der Waals surface area contributed by atoms with Crippen molar-refractivity contribution in [2.24, 2.45) is 0 Å². The first-order valence-electron chi connectivity index (χ1n) is 5.93. The van der Waals surface area contributed by atoms with Crippen LogP contribution in [-0.4, -0.2) is 16.5 Å². The van der Waals surface area contributed by atoms with Crippen LogP contribution < -0.4 is 15.8 Å². The lowest BCUT2D eigenvalue weighted by atomic mass is 10.2.